The highest BCUT2D eigenvalue weighted by Gasteiger charge is 2.28. The van der Waals surface area contributed by atoms with Crippen LogP contribution in [-0.2, 0) is 11.8 Å². The van der Waals surface area contributed by atoms with Gasteiger partial charge in [0, 0.05) is 20.1 Å². The van der Waals surface area contributed by atoms with Gasteiger partial charge >= 0.3 is 0 Å². The molecule has 0 amide bonds. The van der Waals surface area contributed by atoms with E-state index in [0.29, 0.717) is 6.61 Å². The number of aryl methyl sites for hydroxylation is 1. The molecule has 118 valence electrons. The predicted octanol–water partition coefficient (Wildman–Crippen LogP) is 1.35. The molecule has 0 bridgehead atoms. The highest BCUT2D eigenvalue weighted by Crippen LogP contribution is 2.29. The zero-order valence-electron chi connectivity index (χ0n) is 13.1. The van der Waals surface area contributed by atoms with Gasteiger partial charge in [-0.2, -0.15) is 0 Å². The van der Waals surface area contributed by atoms with Crippen LogP contribution in [0.2, 0.25) is 0 Å². The first-order chi connectivity index (χ1) is 10.7. The molecule has 0 N–H and O–H groups in total. The summed E-state index contributed by atoms with van der Waals surface area (Å²) < 4.78 is 13.0. The lowest BCUT2D eigenvalue weighted by Crippen LogP contribution is -2.40. The molecule has 7 heteroatoms. The number of aromatic nitrogens is 4. The van der Waals surface area contributed by atoms with E-state index in [1.807, 2.05) is 25.2 Å². The van der Waals surface area contributed by atoms with Gasteiger partial charge in [-0.15, -0.1) is 5.10 Å². The average Bonchev–Trinajstić information content (AvgIpc) is 3.00. The highest BCUT2D eigenvalue weighted by molar-refractivity contribution is 5.30. The molecule has 0 spiro atoms. The topological polar surface area (TPSA) is 65.3 Å². The van der Waals surface area contributed by atoms with Crippen molar-refractivity contribution in [3.8, 4) is 5.75 Å². The molecule has 0 aliphatic carbocycles. The van der Waals surface area contributed by atoms with Gasteiger partial charge in [0.15, 0.2) is 5.82 Å². The largest absolute Gasteiger partial charge is 0.497 e. The molecule has 0 radical (unpaired) electrons. The van der Waals surface area contributed by atoms with Crippen molar-refractivity contribution in [3.05, 3.63) is 35.7 Å². The Bertz CT molecular complexity index is 630. The standard InChI is InChI=1S/C15H21N5O2/c1-11(15-16-17-18-19(15)2)20-7-8-22-14(10-20)12-5-4-6-13(9-12)21-3/h4-6,9,11,14H,7-8,10H2,1-3H3. The molecule has 2 aromatic rings. The fourth-order valence-electron chi connectivity index (χ4n) is 2.82. The Morgan fingerprint density at radius 3 is 3.00 bits per heavy atom. The molecule has 3 rings (SSSR count). The van der Waals surface area contributed by atoms with Crippen LogP contribution >= 0.6 is 0 Å². The van der Waals surface area contributed by atoms with Crippen molar-refractivity contribution in [3.63, 3.8) is 0 Å². The smallest absolute Gasteiger partial charge is 0.167 e. The first-order valence-corrected chi connectivity index (χ1v) is 7.41. The van der Waals surface area contributed by atoms with Crippen LogP contribution in [0.4, 0.5) is 0 Å². The molecule has 7 nitrogen and oxygen atoms in total. The summed E-state index contributed by atoms with van der Waals surface area (Å²) in [4.78, 5) is 2.35. The van der Waals surface area contributed by atoms with Crippen LogP contribution in [0.15, 0.2) is 24.3 Å². The van der Waals surface area contributed by atoms with Gasteiger partial charge in [-0.1, -0.05) is 12.1 Å². The van der Waals surface area contributed by atoms with Gasteiger partial charge in [0.1, 0.15) is 5.75 Å². The molecule has 2 unspecified atom stereocenters. The molecule has 1 aromatic heterocycles. The minimum atomic E-state index is 0.0347. The Labute approximate surface area is 129 Å². The van der Waals surface area contributed by atoms with Crippen LogP contribution in [-0.4, -0.2) is 51.9 Å². The molecule has 1 aromatic carbocycles. The molecule has 1 aliphatic heterocycles. The molecular formula is C15H21N5O2. The van der Waals surface area contributed by atoms with E-state index in [4.69, 9.17) is 9.47 Å². The van der Waals surface area contributed by atoms with Crippen LogP contribution in [0.5, 0.6) is 5.75 Å². The minimum absolute atomic E-state index is 0.0347. The van der Waals surface area contributed by atoms with Crippen molar-refractivity contribution in [1.29, 1.82) is 0 Å². The van der Waals surface area contributed by atoms with Gasteiger partial charge in [0.25, 0.3) is 0 Å². The molecule has 1 saturated heterocycles. The highest BCUT2D eigenvalue weighted by atomic mass is 16.5. The second kappa shape index (κ2) is 6.41. The Morgan fingerprint density at radius 2 is 2.27 bits per heavy atom. The van der Waals surface area contributed by atoms with Crippen molar-refractivity contribution >= 4 is 0 Å². The fourth-order valence-corrected chi connectivity index (χ4v) is 2.82. The lowest BCUT2D eigenvalue weighted by molar-refractivity contribution is -0.0447. The van der Waals surface area contributed by atoms with Gasteiger partial charge in [0.05, 0.1) is 25.9 Å². The lowest BCUT2D eigenvalue weighted by atomic mass is 10.1. The third-order valence-corrected chi connectivity index (χ3v) is 4.14. The van der Waals surface area contributed by atoms with Gasteiger partial charge in [0.2, 0.25) is 0 Å². The SMILES string of the molecule is COc1cccc(C2CN(C(C)c3nnnn3C)CCO2)c1. The van der Waals surface area contributed by atoms with E-state index < -0.39 is 0 Å². The molecule has 0 saturated carbocycles. The predicted molar refractivity (Wildman–Crippen MR) is 80.5 cm³/mol. The normalized spacial score (nSPS) is 20.8. The third-order valence-electron chi connectivity index (χ3n) is 4.14. The summed E-state index contributed by atoms with van der Waals surface area (Å²) >= 11 is 0. The Hall–Kier alpha value is -1.99. The number of benzene rings is 1. The van der Waals surface area contributed by atoms with Gasteiger partial charge in [-0.25, -0.2) is 4.68 Å². The maximum absolute atomic E-state index is 5.94. The molecule has 22 heavy (non-hydrogen) atoms. The summed E-state index contributed by atoms with van der Waals surface area (Å²) in [7, 11) is 3.54. The summed E-state index contributed by atoms with van der Waals surface area (Å²) in [5.74, 6) is 1.72. The van der Waals surface area contributed by atoms with Crippen LogP contribution in [0.1, 0.15) is 30.5 Å². The number of rotatable bonds is 4. The summed E-state index contributed by atoms with van der Waals surface area (Å²) in [6.45, 7) is 4.49. The van der Waals surface area contributed by atoms with Crippen molar-refractivity contribution in [2.45, 2.75) is 19.1 Å². The summed E-state index contributed by atoms with van der Waals surface area (Å²) in [5.41, 5.74) is 1.13. The van der Waals surface area contributed by atoms with Gasteiger partial charge < -0.3 is 9.47 Å². The average molecular weight is 303 g/mol. The summed E-state index contributed by atoms with van der Waals surface area (Å²) in [6, 6.07) is 8.19. The van der Waals surface area contributed by atoms with Crippen LogP contribution in [0, 0.1) is 0 Å². The molecular weight excluding hydrogens is 282 g/mol. The maximum Gasteiger partial charge on any atom is 0.167 e. The van der Waals surface area contributed by atoms with Crippen molar-refractivity contribution < 1.29 is 9.47 Å². The fraction of sp³-hybridized carbons (Fsp3) is 0.533. The first kappa shape index (κ1) is 14.9. The second-order valence-corrected chi connectivity index (χ2v) is 5.47. The van der Waals surface area contributed by atoms with Crippen LogP contribution < -0.4 is 4.74 Å². The molecule has 1 aliphatic rings. The quantitative estimate of drug-likeness (QED) is 0.849. The number of hydrogen-bond acceptors (Lipinski definition) is 6. The molecule has 2 heterocycles. The Balaban J connectivity index is 1.75. The Morgan fingerprint density at radius 1 is 1.41 bits per heavy atom. The molecule has 1 fully saturated rings. The zero-order chi connectivity index (χ0) is 15.5. The van der Waals surface area contributed by atoms with Crippen LogP contribution in [0.25, 0.3) is 0 Å². The van der Waals surface area contributed by atoms with E-state index >= 15 is 0 Å². The minimum Gasteiger partial charge on any atom is -0.497 e. The van der Waals surface area contributed by atoms with Gasteiger partial charge in [-0.05, 0) is 35.0 Å². The number of hydrogen-bond donors (Lipinski definition) is 0. The van der Waals surface area contributed by atoms with Crippen molar-refractivity contribution in [2.24, 2.45) is 7.05 Å². The second-order valence-electron chi connectivity index (χ2n) is 5.47. The van der Waals surface area contributed by atoms with E-state index in [9.17, 15) is 0 Å². The van der Waals surface area contributed by atoms with E-state index in [1.54, 1.807) is 11.8 Å². The monoisotopic (exact) mass is 303 g/mol. The van der Waals surface area contributed by atoms with E-state index in [1.165, 1.54) is 0 Å². The summed E-state index contributed by atoms with van der Waals surface area (Å²) in [5, 5.41) is 11.8. The van der Waals surface area contributed by atoms with E-state index in [0.717, 1.165) is 30.2 Å². The number of nitrogens with zero attached hydrogens (tertiary/aromatic N) is 5. The van der Waals surface area contributed by atoms with Gasteiger partial charge in [-0.3, -0.25) is 4.90 Å². The van der Waals surface area contributed by atoms with E-state index in [-0.39, 0.29) is 12.1 Å². The third kappa shape index (κ3) is 2.95. The first-order valence-electron chi connectivity index (χ1n) is 7.41. The Kier molecular flexibility index (Phi) is 4.35. The lowest BCUT2D eigenvalue weighted by Gasteiger charge is -2.36. The maximum atomic E-state index is 5.94. The molecule has 2 atom stereocenters. The number of tetrazole rings is 1. The summed E-state index contributed by atoms with van der Waals surface area (Å²) in [6.07, 6.45) is 0.0347. The number of ether oxygens (including phenoxy) is 2. The zero-order valence-corrected chi connectivity index (χ0v) is 13.1. The number of morpholine rings is 1. The number of methoxy groups -OCH3 is 1. The van der Waals surface area contributed by atoms with Crippen molar-refractivity contribution in [1.82, 2.24) is 25.1 Å². The van der Waals surface area contributed by atoms with E-state index in [2.05, 4.69) is 33.4 Å². The van der Waals surface area contributed by atoms with Crippen molar-refractivity contribution in [2.75, 3.05) is 26.8 Å². The van der Waals surface area contributed by atoms with Crippen LogP contribution in [0.3, 0.4) is 0 Å².